The summed E-state index contributed by atoms with van der Waals surface area (Å²) in [5, 5.41) is 17.2. The molecular weight excluding hydrogens is 234 g/mol. The first-order chi connectivity index (χ1) is 8.65. The third-order valence-electron chi connectivity index (χ3n) is 2.88. The molecule has 0 spiro atoms. The smallest absolute Gasteiger partial charge is 0.337 e. The maximum atomic E-state index is 11.2. The highest BCUT2D eigenvalue weighted by Crippen LogP contribution is 2.21. The van der Waals surface area contributed by atoms with Gasteiger partial charge in [0.25, 0.3) is 0 Å². The minimum atomic E-state index is -0.969. The van der Waals surface area contributed by atoms with Crippen LogP contribution in [0.1, 0.15) is 29.7 Å². The van der Waals surface area contributed by atoms with Crippen LogP contribution in [0, 0.1) is 0 Å². The van der Waals surface area contributed by atoms with E-state index in [2.05, 4.69) is 10.3 Å². The minimum Gasteiger partial charge on any atom is -0.478 e. The van der Waals surface area contributed by atoms with Crippen molar-refractivity contribution in [3.05, 3.63) is 23.8 Å². The van der Waals surface area contributed by atoms with Gasteiger partial charge in [-0.05, 0) is 25.5 Å². The van der Waals surface area contributed by atoms with Crippen LogP contribution in [0.2, 0.25) is 0 Å². The highest BCUT2D eigenvalue weighted by atomic mass is 16.5. The molecule has 0 amide bonds. The Kier molecular flexibility index (Phi) is 3.57. The zero-order valence-electron chi connectivity index (χ0n) is 10.3. The summed E-state index contributed by atoms with van der Waals surface area (Å²) >= 11 is 0. The maximum absolute atomic E-state index is 11.2. The Labute approximate surface area is 104 Å². The number of para-hydroxylation sites is 1. The van der Waals surface area contributed by atoms with E-state index in [1.807, 2.05) is 6.92 Å². The number of rotatable bonds is 5. The lowest BCUT2D eigenvalue weighted by Gasteiger charge is -2.12. The lowest BCUT2D eigenvalue weighted by atomic mass is 10.1. The topological polar surface area (TPSA) is 77.2 Å². The number of ether oxygens (including phenoxy) is 1. The quantitative estimate of drug-likeness (QED) is 0.873. The Morgan fingerprint density at radius 3 is 3.00 bits per heavy atom. The van der Waals surface area contributed by atoms with Crippen LogP contribution in [0.5, 0.6) is 0 Å². The van der Waals surface area contributed by atoms with Gasteiger partial charge in [-0.15, -0.1) is 5.10 Å². The van der Waals surface area contributed by atoms with Crippen molar-refractivity contribution in [1.29, 1.82) is 0 Å². The van der Waals surface area contributed by atoms with Gasteiger partial charge < -0.3 is 9.84 Å². The number of aromatic nitrogens is 3. The van der Waals surface area contributed by atoms with Crippen molar-refractivity contribution in [3.63, 3.8) is 0 Å². The average molecular weight is 249 g/mol. The standard InChI is InChI=1S/C12H15N3O3/c1-8(6-7-18-2)15-11-9(12(16)17)4-3-5-10(11)13-14-15/h3-5,8H,6-7H2,1-2H3,(H,16,17). The monoisotopic (exact) mass is 249 g/mol. The first-order valence-electron chi connectivity index (χ1n) is 5.71. The van der Waals surface area contributed by atoms with Gasteiger partial charge in [-0.1, -0.05) is 11.3 Å². The van der Waals surface area contributed by atoms with Crippen molar-refractivity contribution in [2.75, 3.05) is 13.7 Å². The lowest BCUT2D eigenvalue weighted by molar-refractivity contribution is 0.0698. The van der Waals surface area contributed by atoms with Crippen molar-refractivity contribution in [2.24, 2.45) is 0 Å². The Balaban J connectivity index is 2.48. The number of hydrogen-bond acceptors (Lipinski definition) is 4. The molecule has 96 valence electrons. The van der Waals surface area contributed by atoms with Crippen LogP contribution in [-0.2, 0) is 4.74 Å². The molecule has 18 heavy (non-hydrogen) atoms. The number of methoxy groups -OCH3 is 1. The first kappa shape index (κ1) is 12.5. The SMILES string of the molecule is COCCC(C)n1nnc2cccc(C(=O)O)c21. The third kappa shape index (κ3) is 2.19. The van der Waals surface area contributed by atoms with Gasteiger partial charge in [0.15, 0.2) is 0 Å². The molecular formula is C12H15N3O3. The van der Waals surface area contributed by atoms with Crippen LogP contribution < -0.4 is 0 Å². The largest absolute Gasteiger partial charge is 0.478 e. The van der Waals surface area contributed by atoms with Gasteiger partial charge in [-0.25, -0.2) is 9.48 Å². The van der Waals surface area contributed by atoms with Crippen LogP contribution in [0.25, 0.3) is 11.0 Å². The molecule has 0 aliphatic rings. The fourth-order valence-corrected chi connectivity index (χ4v) is 1.89. The van der Waals surface area contributed by atoms with Crippen LogP contribution in [-0.4, -0.2) is 39.8 Å². The number of carboxylic acids is 1. The van der Waals surface area contributed by atoms with Crippen LogP contribution in [0.4, 0.5) is 0 Å². The van der Waals surface area contributed by atoms with E-state index < -0.39 is 5.97 Å². The van der Waals surface area contributed by atoms with Gasteiger partial charge in [0.05, 0.1) is 11.6 Å². The van der Waals surface area contributed by atoms with Gasteiger partial charge in [0, 0.05) is 13.7 Å². The molecule has 6 nitrogen and oxygen atoms in total. The molecule has 0 saturated carbocycles. The molecule has 1 atom stereocenters. The van der Waals surface area contributed by atoms with Gasteiger partial charge in [-0.3, -0.25) is 0 Å². The van der Waals surface area contributed by atoms with Gasteiger partial charge in [-0.2, -0.15) is 0 Å². The second-order valence-corrected chi connectivity index (χ2v) is 4.14. The summed E-state index contributed by atoms with van der Waals surface area (Å²) in [6, 6.07) is 5.03. The van der Waals surface area contributed by atoms with Crippen LogP contribution in [0.15, 0.2) is 18.2 Å². The Hall–Kier alpha value is -1.95. The molecule has 2 rings (SSSR count). The molecule has 1 aromatic carbocycles. The van der Waals surface area contributed by atoms with E-state index in [4.69, 9.17) is 4.74 Å². The summed E-state index contributed by atoms with van der Waals surface area (Å²) in [5.74, 6) is -0.969. The highest BCUT2D eigenvalue weighted by Gasteiger charge is 2.17. The summed E-state index contributed by atoms with van der Waals surface area (Å²) in [7, 11) is 1.63. The average Bonchev–Trinajstić information content (AvgIpc) is 2.79. The van der Waals surface area contributed by atoms with E-state index in [-0.39, 0.29) is 11.6 Å². The van der Waals surface area contributed by atoms with E-state index in [1.165, 1.54) is 0 Å². The fraction of sp³-hybridized carbons (Fsp3) is 0.417. The molecule has 0 aliphatic heterocycles. The van der Waals surface area contributed by atoms with Gasteiger partial charge >= 0.3 is 5.97 Å². The number of hydrogen-bond donors (Lipinski definition) is 1. The molecule has 1 aromatic heterocycles. The molecule has 6 heteroatoms. The number of nitrogens with zero attached hydrogens (tertiary/aromatic N) is 3. The lowest BCUT2D eigenvalue weighted by Crippen LogP contribution is -2.11. The normalized spacial score (nSPS) is 12.8. The summed E-state index contributed by atoms with van der Waals surface area (Å²) in [6.07, 6.45) is 0.753. The third-order valence-corrected chi connectivity index (χ3v) is 2.88. The van der Waals surface area contributed by atoms with Crippen molar-refractivity contribution in [1.82, 2.24) is 15.0 Å². The zero-order chi connectivity index (χ0) is 13.1. The molecule has 1 unspecified atom stereocenters. The number of carbonyl (C=O) groups is 1. The predicted octanol–water partition coefficient (Wildman–Crippen LogP) is 1.73. The van der Waals surface area contributed by atoms with E-state index in [0.717, 1.165) is 6.42 Å². The van der Waals surface area contributed by atoms with Crippen LogP contribution >= 0.6 is 0 Å². The molecule has 2 aromatic rings. The summed E-state index contributed by atoms with van der Waals surface area (Å²) < 4.78 is 6.67. The number of aromatic carboxylic acids is 1. The molecule has 0 aliphatic carbocycles. The number of benzene rings is 1. The van der Waals surface area contributed by atoms with E-state index in [0.29, 0.717) is 17.6 Å². The number of carboxylic acid groups (broad SMARTS) is 1. The van der Waals surface area contributed by atoms with E-state index >= 15 is 0 Å². The minimum absolute atomic E-state index is 0.0375. The number of fused-ring (bicyclic) bond motifs is 1. The van der Waals surface area contributed by atoms with Crippen molar-refractivity contribution >= 4 is 17.0 Å². The van der Waals surface area contributed by atoms with E-state index in [9.17, 15) is 9.90 Å². The van der Waals surface area contributed by atoms with Gasteiger partial charge in [0.1, 0.15) is 11.0 Å². The summed E-state index contributed by atoms with van der Waals surface area (Å²) in [4.78, 5) is 11.2. The molecule has 0 radical (unpaired) electrons. The molecule has 0 saturated heterocycles. The highest BCUT2D eigenvalue weighted by molar-refractivity contribution is 6.00. The maximum Gasteiger partial charge on any atom is 0.337 e. The zero-order valence-corrected chi connectivity index (χ0v) is 10.3. The Bertz CT molecular complexity index is 565. The predicted molar refractivity (Wildman–Crippen MR) is 65.7 cm³/mol. The van der Waals surface area contributed by atoms with Crippen molar-refractivity contribution < 1.29 is 14.6 Å². The molecule has 0 bridgehead atoms. The fourth-order valence-electron chi connectivity index (χ4n) is 1.89. The molecule has 0 fully saturated rings. The summed E-state index contributed by atoms with van der Waals surface area (Å²) in [5.41, 5.74) is 1.38. The Morgan fingerprint density at radius 1 is 1.56 bits per heavy atom. The Morgan fingerprint density at radius 2 is 2.33 bits per heavy atom. The van der Waals surface area contributed by atoms with Gasteiger partial charge in [0.2, 0.25) is 0 Å². The van der Waals surface area contributed by atoms with Crippen molar-refractivity contribution in [3.8, 4) is 0 Å². The second kappa shape index (κ2) is 5.14. The second-order valence-electron chi connectivity index (χ2n) is 4.14. The summed E-state index contributed by atoms with van der Waals surface area (Å²) in [6.45, 7) is 2.56. The van der Waals surface area contributed by atoms with E-state index in [1.54, 1.807) is 30.0 Å². The first-order valence-corrected chi connectivity index (χ1v) is 5.71. The van der Waals surface area contributed by atoms with Crippen LogP contribution in [0.3, 0.4) is 0 Å². The van der Waals surface area contributed by atoms with Crippen molar-refractivity contribution in [2.45, 2.75) is 19.4 Å². The molecule has 1 heterocycles. The molecule has 1 N–H and O–H groups in total.